The van der Waals surface area contributed by atoms with Gasteiger partial charge in [0.1, 0.15) is 6.54 Å². The third kappa shape index (κ3) is 6.45. The monoisotopic (exact) mass is 434 g/mol. The van der Waals surface area contributed by atoms with E-state index in [1.54, 1.807) is 0 Å². The molecule has 0 aliphatic rings. The predicted molar refractivity (Wildman–Crippen MR) is 92.9 cm³/mol. The molecule has 0 aliphatic heterocycles. The number of carbonyl (C=O) groups excluding carboxylic acids is 1. The summed E-state index contributed by atoms with van der Waals surface area (Å²) in [5.74, 6) is -6.96. The van der Waals surface area contributed by atoms with Crippen LogP contribution in [-0.4, -0.2) is 50.1 Å². The number of benzene rings is 1. The SMILES string of the molecule is NC(CCCCOB(O)O)c1nnnn1CC(=O)NCc1c(F)c(F)cc(F)c1F. The zero-order valence-corrected chi connectivity index (χ0v) is 15.6. The standard InChI is InChI=1S/C15H19BF4N6O4/c17-9-5-10(18)14(20)8(13(9)19)6-22-12(27)7-26-15(23-24-25-26)11(21)3-1-2-4-30-16(28)29/h5,11,28-29H,1-4,6-7,21H2,(H,22,27). The van der Waals surface area contributed by atoms with Gasteiger partial charge in [-0.2, -0.15) is 0 Å². The first-order chi connectivity index (χ1) is 14.2. The topological polar surface area (TPSA) is 148 Å². The molecule has 0 fully saturated rings. The Morgan fingerprint density at radius 3 is 2.53 bits per heavy atom. The van der Waals surface area contributed by atoms with Gasteiger partial charge in [0.05, 0.1) is 6.04 Å². The maximum absolute atomic E-state index is 13.6. The second-order valence-corrected chi connectivity index (χ2v) is 6.22. The molecule has 0 bridgehead atoms. The minimum Gasteiger partial charge on any atom is -0.402 e. The van der Waals surface area contributed by atoms with Crippen LogP contribution in [0.15, 0.2) is 6.07 Å². The number of hydrogen-bond acceptors (Lipinski definition) is 8. The van der Waals surface area contributed by atoms with Crippen molar-refractivity contribution in [3.05, 3.63) is 40.7 Å². The minimum atomic E-state index is -1.85. The maximum Gasteiger partial charge on any atom is 0.633 e. The molecule has 1 aromatic heterocycles. The number of nitrogens with one attached hydrogen (secondary N) is 1. The molecule has 2 rings (SSSR count). The molecular weight excluding hydrogens is 415 g/mol. The quantitative estimate of drug-likeness (QED) is 0.163. The van der Waals surface area contributed by atoms with Gasteiger partial charge in [0.25, 0.3) is 0 Å². The van der Waals surface area contributed by atoms with Gasteiger partial charge in [0.15, 0.2) is 29.1 Å². The van der Waals surface area contributed by atoms with E-state index in [1.807, 2.05) is 0 Å². The van der Waals surface area contributed by atoms with Crippen LogP contribution in [-0.2, 0) is 22.5 Å². The Labute approximate surface area is 168 Å². The number of halogens is 4. The summed E-state index contributed by atoms with van der Waals surface area (Å²) in [4.78, 5) is 12.0. The Bertz CT molecular complexity index is 846. The van der Waals surface area contributed by atoms with Crippen LogP contribution < -0.4 is 11.1 Å². The van der Waals surface area contributed by atoms with Crippen molar-refractivity contribution in [2.24, 2.45) is 5.73 Å². The van der Waals surface area contributed by atoms with E-state index in [2.05, 4.69) is 25.5 Å². The molecule has 1 atom stereocenters. The van der Waals surface area contributed by atoms with Gasteiger partial charge < -0.3 is 25.8 Å². The van der Waals surface area contributed by atoms with E-state index in [4.69, 9.17) is 15.8 Å². The Balaban J connectivity index is 1.89. The van der Waals surface area contributed by atoms with E-state index < -0.39 is 61.2 Å². The van der Waals surface area contributed by atoms with Gasteiger partial charge in [-0.1, -0.05) is 0 Å². The largest absolute Gasteiger partial charge is 0.633 e. The van der Waals surface area contributed by atoms with Gasteiger partial charge in [-0.05, 0) is 29.7 Å². The Kier molecular flexibility index (Phi) is 8.65. The molecule has 5 N–H and O–H groups in total. The lowest BCUT2D eigenvalue weighted by Crippen LogP contribution is -2.30. The smallest absolute Gasteiger partial charge is 0.402 e. The lowest BCUT2D eigenvalue weighted by Gasteiger charge is -2.12. The van der Waals surface area contributed by atoms with Crippen LogP contribution >= 0.6 is 0 Å². The van der Waals surface area contributed by atoms with Crippen molar-refractivity contribution in [2.75, 3.05) is 6.61 Å². The molecule has 15 heteroatoms. The third-order valence-electron chi connectivity index (χ3n) is 4.03. The van der Waals surface area contributed by atoms with Gasteiger partial charge in [-0.3, -0.25) is 4.79 Å². The first kappa shape index (κ1) is 23.7. The zero-order valence-electron chi connectivity index (χ0n) is 15.6. The first-order valence-electron chi connectivity index (χ1n) is 8.78. The van der Waals surface area contributed by atoms with Crippen molar-refractivity contribution in [3.63, 3.8) is 0 Å². The van der Waals surface area contributed by atoms with Crippen LogP contribution in [0.3, 0.4) is 0 Å². The predicted octanol–water partition coefficient (Wildman–Crippen LogP) is -0.298. The summed E-state index contributed by atoms with van der Waals surface area (Å²) >= 11 is 0. The number of rotatable bonds is 11. The Morgan fingerprint density at radius 2 is 1.90 bits per heavy atom. The normalized spacial score (nSPS) is 12.1. The molecule has 0 radical (unpaired) electrons. The van der Waals surface area contributed by atoms with Crippen LogP contribution in [0.4, 0.5) is 17.6 Å². The zero-order chi connectivity index (χ0) is 22.3. The number of nitrogens with two attached hydrogens (primary N) is 1. The molecule has 1 amide bonds. The molecule has 1 aromatic carbocycles. The molecule has 1 unspecified atom stereocenters. The van der Waals surface area contributed by atoms with E-state index in [0.717, 1.165) is 4.68 Å². The number of hydrogen-bond donors (Lipinski definition) is 4. The molecule has 1 heterocycles. The number of tetrazole rings is 1. The molecule has 0 saturated carbocycles. The second kappa shape index (κ2) is 11.0. The summed E-state index contributed by atoms with van der Waals surface area (Å²) in [6.45, 7) is -1.13. The average molecular weight is 434 g/mol. The molecule has 0 spiro atoms. The van der Waals surface area contributed by atoms with E-state index >= 15 is 0 Å². The highest BCUT2D eigenvalue weighted by molar-refractivity contribution is 6.32. The van der Waals surface area contributed by atoms with Crippen molar-refractivity contribution in [1.82, 2.24) is 25.5 Å². The maximum atomic E-state index is 13.6. The summed E-state index contributed by atoms with van der Waals surface area (Å²) in [7, 11) is -1.85. The second-order valence-electron chi connectivity index (χ2n) is 6.22. The molecule has 0 saturated heterocycles. The molecule has 164 valence electrons. The van der Waals surface area contributed by atoms with Gasteiger partial charge in [-0.25, -0.2) is 22.2 Å². The van der Waals surface area contributed by atoms with Gasteiger partial charge in [0, 0.05) is 24.8 Å². The number of unbranched alkanes of at least 4 members (excludes halogenated alkanes) is 1. The number of aromatic nitrogens is 4. The van der Waals surface area contributed by atoms with E-state index in [1.165, 1.54) is 0 Å². The minimum absolute atomic E-state index is 0.0722. The summed E-state index contributed by atoms with van der Waals surface area (Å²) in [6.07, 6.45) is 1.41. The molecule has 10 nitrogen and oxygen atoms in total. The summed E-state index contributed by atoms with van der Waals surface area (Å²) in [6, 6.07) is -0.581. The fraction of sp³-hybridized carbons (Fsp3) is 0.467. The van der Waals surface area contributed by atoms with Gasteiger partial charge >= 0.3 is 7.32 Å². The van der Waals surface area contributed by atoms with Crippen molar-refractivity contribution in [1.29, 1.82) is 0 Å². The van der Waals surface area contributed by atoms with Crippen molar-refractivity contribution >= 4 is 13.2 Å². The number of amides is 1. The summed E-state index contributed by atoms with van der Waals surface area (Å²) in [5, 5.41) is 30.0. The number of carbonyl (C=O) groups is 1. The lowest BCUT2D eigenvalue weighted by molar-refractivity contribution is -0.122. The molecular formula is C15H19BF4N6O4. The summed E-state index contributed by atoms with van der Waals surface area (Å²) in [5.41, 5.74) is 5.02. The van der Waals surface area contributed by atoms with E-state index in [0.29, 0.717) is 19.3 Å². The molecule has 2 aromatic rings. The van der Waals surface area contributed by atoms with Crippen molar-refractivity contribution < 1.29 is 37.1 Å². The molecule has 0 aliphatic carbocycles. The van der Waals surface area contributed by atoms with Gasteiger partial charge in [-0.15, -0.1) is 5.10 Å². The third-order valence-corrected chi connectivity index (χ3v) is 4.03. The number of nitrogens with zero attached hydrogens (tertiary/aromatic N) is 4. The lowest BCUT2D eigenvalue weighted by atomic mass is 10.1. The molecule has 30 heavy (non-hydrogen) atoms. The average Bonchev–Trinajstić information content (AvgIpc) is 3.14. The van der Waals surface area contributed by atoms with Crippen LogP contribution in [0.25, 0.3) is 0 Å². The first-order valence-corrected chi connectivity index (χ1v) is 8.78. The highest BCUT2D eigenvalue weighted by atomic mass is 19.2. The van der Waals surface area contributed by atoms with E-state index in [-0.39, 0.29) is 18.5 Å². The fourth-order valence-corrected chi connectivity index (χ4v) is 2.53. The van der Waals surface area contributed by atoms with Crippen molar-refractivity contribution in [2.45, 2.75) is 38.4 Å². The summed E-state index contributed by atoms with van der Waals surface area (Å²) < 4.78 is 59.3. The Hall–Kier alpha value is -2.62. The van der Waals surface area contributed by atoms with Crippen molar-refractivity contribution in [3.8, 4) is 0 Å². The highest BCUT2D eigenvalue weighted by Gasteiger charge is 2.21. The van der Waals surface area contributed by atoms with Crippen LogP contribution in [0.5, 0.6) is 0 Å². The van der Waals surface area contributed by atoms with Crippen LogP contribution in [0, 0.1) is 23.3 Å². The van der Waals surface area contributed by atoms with Gasteiger partial charge in [0.2, 0.25) is 5.91 Å². The fourth-order valence-electron chi connectivity index (χ4n) is 2.53. The highest BCUT2D eigenvalue weighted by Crippen LogP contribution is 2.19. The van der Waals surface area contributed by atoms with Crippen LogP contribution in [0.2, 0.25) is 0 Å². The Morgan fingerprint density at radius 1 is 1.23 bits per heavy atom. The van der Waals surface area contributed by atoms with E-state index in [9.17, 15) is 22.4 Å². The van der Waals surface area contributed by atoms with Crippen LogP contribution in [0.1, 0.15) is 36.7 Å².